The van der Waals surface area contributed by atoms with Gasteiger partial charge in [-0.2, -0.15) is 0 Å². The summed E-state index contributed by atoms with van der Waals surface area (Å²) >= 11 is 0. The van der Waals surface area contributed by atoms with E-state index < -0.39 is 22.0 Å². The molecule has 2 heterocycles. The van der Waals surface area contributed by atoms with E-state index in [0.29, 0.717) is 25.2 Å². The number of hydrogen-bond donors (Lipinski definition) is 3. The number of rotatable bonds is 9. The molecule has 0 aliphatic carbocycles. The summed E-state index contributed by atoms with van der Waals surface area (Å²) in [6.45, 7) is 7.34. The summed E-state index contributed by atoms with van der Waals surface area (Å²) in [5.74, 6) is -2.51. The Labute approximate surface area is 163 Å². The van der Waals surface area contributed by atoms with Crippen molar-refractivity contribution in [2.45, 2.75) is 24.9 Å². The minimum atomic E-state index is -3.48. The third kappa shape index (κ3) is 9.60. The van der Waals surface area contributed by atoms with E-state index in [1.54, 1.807) is 10.8 Å². The fourth-order valence-corrected chi connectivity index (χ4v) is 3.22. The third-order valence-electron chi connectivity index (χ3n) is 3.67. The number of nitrogens with zero attached hydrogens (tertiary/aromatic N) is 3. The first-order valence-corrected chi connectivity index (χ1v) is 10.2. The van der Waals surface area contributed by atoms with Crippen molar-refractivity contribution >= 4 is 22.0 Å². The van der Waals surface area contributed by atoms with E-state index in [1.165, 1.54) is 6.33 Å². The highest BCUT2D eigenvalue weighted by atomic mass is 32.2. The van der Waals surface area contributed by atoms with Crippen LogP contribution in [0.3, 0.4) is 0 Å². The number of sulfonamides is 1. The predicted octanol–water partition coefficient (Wildman–Crippen LogP) is -0.385. The van der Waals surface area contributed by atoms with Gasteiger partial charge in [-0.25, -0.2) is 27.7 Å². The Morgan fingerprint density at radius 1 is 1.25 bits per heavy atom. The number of carbonyl (C=O) groups is 2. The van der Waals surface area contributed by atoms with Crippen molar-refractivity contribution in [2.24, 2.45) is 0 Å². The van der Waals surface area contributed by atoms with Gasteiger partial charge in [-0.05, 0) is 19.9 Å². The molecule has 158 valence electrons. The predicted molar refractivity (Wildman–Crippen MR) is 99.4 cm³/mol. The van der Waals surface area contributed by atoms with Gasteiger partial charge in [0, 0.05) is 44.5 Å². The summed E-state index contributed by atoms with van der Waals surface area (Å²) in [5, 5.41) is 15.7. The van der Waals surface area contributed by atoms with Crippen LogP contribution in [0.5, 0.6) is 0 Å². The fraction of sp³-hybridized carbons (Fsp3) is 0.562. The number of nitrogens with one attached hydrogen (secondary N) is 1. The van der Waals surface area contributed by atoms with Crippen LogP contribution in [0.4, 0.5) is 0 Å². The summed E-state index contributed by atoms with van der Waals surface area (Å²) < 4.78 is 33.6. The average Bonchev–Trinajstić information content (AvgIpc) is 3.15. The number of carboxylic acids is 2. The van der Waals surface area contributed by atoms with E-state index in [1.807, 2.05) is 6.92 Å². The minimum Gasteiger partial charge on any atom is -0.478 e. The first kappa shape index (κ1) is 23.8. The maximum absolute atomic E-state index is 12.0. The van der Waals surface area contributed by atoms with Crippen LogP contribution in [0.1, 0.15) is 13.3 Å². The first-order valence-electron chi connectivity index (χ1n) is 8.70. The molecule has 0 spiro atoms. The minimum absolute atomic E-state index is 0.0886. The molecule has 0 unspecified atom stereocenters. The lowest BCUT2D eigenvalue weighted by molar-refractivity contribution is -0.134. The summed E-state index contributed by atoms with van der Waals surface area (Å²) in [6, 6.07) is 0. The average molecular weight is 418 g/mol. The van der Waals surface area contributed by atoms with Crippen molar-refractivity contribution in [1.82, 2.24) is 19.2 Å². The summed E-state index contributed by atoms with van der Waals surface area (Å²) in [5.41, 5.74) is 0. The van der Waals surface area contributed by atoms with Gasteiger partial charge in [-0.1, -0.05) is 0 Å². The lowest BCUT2D eigenvalue weighted by Crippen LogP contribution is -2.38. The first-order chi connectivity index (χ1) is 13.2. The molecule has 1 aromatic heterocycles. The van der Waals surface area contributed by atoms with Crippen LogP contribution < -0.4 is 4.72 Å². The smallest absolute Gasteiger partial charge is 0.328 e. The van der Waals surface area contributed by atoms with Crippen LogP contribution in [-0.2, 0) is 30.9 Å². The molecule has 11 nitrogen and oxygen atoms in total. The molecule has 0 amide bonds. The number of aromatic nitrogens is 2. The Kier molecular flexibility index (Phi) is 10.4. The second-order valence-electron chi connectivity index (χ2n) is 5.76. The molecule has 0 aromatic carbocycles. The quantitative estimate of drug-likeness (QED) is 0.360. The van der Waals surface area contributed by atoms with Crippen molar-refractivity contribution in [3.8, 4) is 0 Å². The second kappa shape index (κ2) is 12.2. The van der Waals surface area contributed by atoms with Crippen LogP contribution in [0.2, 0.25) is 0 Å². The van der Waals surface area contributed by atoms with Gasteiger partial charge in [0.25, 0.3) is 10.0 Å². The Bertz CT molecular complexity index is 739. The number of aliphatic carboxylic acids is 2. The van der Waals surface area contributed by atoms with E-state index in [9.17, 15) is 18.0 Å². The van der Waals surface area contributed by atoms with Gasteiger partial charge in [-0.3, -0.25) is 4.90 Å². The Hall–Kier alpha value is -2.28. The van der Waals surface area contributed by atoms with Gasteiger partial charge in [-0.15, -0.1) is 0 Å². The van der Waals surface area contributed by atoms with E-state index >= 15 is 0 Å². The van der Waals surface area contributed by atoms with Gasteiger partial charge in [0.05, 0.1) is 19.5 Å². The summed E-state index contributed by atoms with van der Waals surface area (Å²) in [6.07, 6.45) is 4.98. The zero-order valence-electron chi connectivity index (χ0n) is 15.7. The van der Waals surface area contributed by atoms with Gasteiger partial charge in [0.2, 0.25) is 0 Å². The lowest BCUT2D eigenvalue weighted by atomic mass is 10.3. The molecule has 1 saturated heterocycles. The van der Waals surface area contributed by atoms with Crippen molar-refractivity contribution in [3.05, 3.63) is 24.7 Å². The molecule has 0 bridgehead atoms. The maximum atomic E-state index is 12.0. The van der Waals surface area contributed by atoms with E-state index in [4.69, 9.17) is 14.9 Å². The molecule has 12 heteroatoms. The molecular weight excluding hydrogens is 392 g/mol. The molecule has 1 fully saturated rings. The Balaban J connectivity index is 0.000000416. The van der Waals surface area contributed by atoms with Gasteiger partial charge >= 0.3 is 11.9 Å². The van der Waals surface area contributed by atoms with Gasteiger partial charge in [0.15, 0.2) is 5.03 Å². The van der Waals surface area contributed by atoms with Crippen LogP contribution in [0.15, 0.2) is 29.7 Å². The standard InChI is InChI=1S/C12H22N4O3S.C4H4O4/c1-2-15-10-12(13-11-15)20(17,18)14-4-3-5-16-6-8-19-9-7-16;5-3(6)1-2-4(7)8/h10-11,14H,2-9H2,1H3;1-2H,(H,5,6)(H,7,8)/b;2-1+. The monoisotopic (exact) mass is 418 g/mol. The normalized spacial score (nSPS) is 15.2. The molecule has 1 aliphatic rings. The second-order valence-corrected chi connectivity index (χ2v) is 7.47. The van der Waals surface area contributed by atoms with Gasteiger partial charge in [0.1, 0.15) is 0 Å². The molecule has 1 aromatic rings. The topological polar surface area (TPSA) is 151 Å². The highest BCUT2D eigenvalue weighted by Gasteiger charge is 2.17. The molecular formula is C16H26N4O7S. The molecule has 28 heavy (non-hydrogen) atoms. The Morgan fingerprint density at radius 2 is 1.86 bits per heavy atom. The molecule has 3 N–H and O–H groups in total. The third-order valence-corrected chi connectivity index (χ3v) is 5.01. The highest BCUT2D eigenvalue weighted by Crippen LogP contribution is 2.05. The Morgan fingerprint density at radius 3 is 2.36 bits per heavy atom. The number of imidazole rings is 1. The van der Waals surface area contributed by atoms with E-state index in [-0.39, 0.29) is 5.03 Å². The number of aryl methyl sites for hydroxylation is 1. The number of morpholine rings is 1. The van der Waals surface area contributed by atoms with Crippen molar-refractivity contribution < 1.29 is 33.0 Å². The SMILES string of the molecule is CCn1cnc(S(=O)(=O)NCCCN2CCOCC2)c1.O=C(O)/C=C/C(=O)O. The largest absolute Gasteiger partial charge is 0.478 e. The molecule has 0 saturated carbocycles. The molecule has 2 rings (SSSR count). The highest BCUT2D eigenvalue weighted by molar-refractivity contribution is 7.89. The maximum Gasteiger partial charge on any atom is 0.328 e. The zero-order valence-corrected chi connectivity index (χ0v) is 16.5. The lowest BCUT2D eigenvalue weighted by Gasteiger charge is -2.26. The molecule has 1 aliphatic heterocycles. The van der Waals surface area contributed by atoms with E-state index in [0.717, 1.165) is 39.3 Å². The van der Waals surface area contributed by atoms with Crippen LogP contribution in [0.25, 0.3) is 0 Å². The number of carboxylic acid groups (broad SMARTS) is 2. The summed E-state index contributed by atoms with van der Waals surface area (Å²) in [7, 11) is -3.48. The number of hydrogen-bond acceptors (Lipinski definition) is 7. The number of ether oxygens (including phenoxy) is 1. The van der Waals surface area contributed by atoms with Crippen molar-refractivity contribution in [1.29, 1.82) is 0 Å². The molecule has 0 atom stereocenters. The van der Waals surface area contributed by atoms with Crippen molar-refractivity contribution in [3.63, 3.8) is 0 Å². The van der Waals surface area contributed by atoms with Crippen LogP contribution in [-0.4, -0.2) is 84.4 Å². The molecule has 0 radical (unpaired) electrons. The zero-order chi connectivity index (χ0) is 21.0. The summed E-state index contributed by atoms with van der Waals surface area (Å²) in [4.78, 5) is 25.3. The fourth-order valence-electron chi connectivity index (χ4n) is 2.20. The van der Waals surface area contributed by atoms with Crippen molar-refractivity contribution in [2.75, 3.05) is 39.4 Å². The van der Waals surface area contributed by atoms with Gasteiger partial charge < -0.3 is 19.5 Å². The van der Waals surface area contributed by atoms with E-state index in [2.05, 4.69) is 14.6 Å². The van der Waals surface area contributed by atoms with Crippen LogP contribution in [0, 0.1) is 0 Å². The van der Waals surface area contributed by atoms with Crippen LogP contribution >= 0.6 is 0 Å².